The highest BCUT2D eigenvalue weighted by molar-refractivity contribution is 4.75. The first kappa shape index (κ1) is 8.52. The first-order chi connectivity index (χ1) is 5.95. The van der Waals surface area contributed by atoms with Gasteiger partial charge in [-0.3, -0.25) is 0 Å². The van der Waals surface area contributed by atoms with Crippen LogP contribution in [0.1, 0.15) is 32.1 Å². The Hall–Kier alpha value is -0.0800. The van der Waals surface area contributed by atoms with E-state index in [1.54, 1.807) is 0 Å². The van der Waals surface area contributed by atoms with Crippen LogP contribution >= 0.6 is 0 Å². The largest absolute Gasteiger partial charge is 0.378 e. The number of ether oxygens (including phenoxy) is 1. The minimum absolute atomic E-state index is 0.592. The summed E-state index contributed by atoms with van der Waals surface area (Å²) in [6, 6.07) is 0. The van der Waals surface area contributed by atoms with Crippen LogP contribution in [0.4, 0.5) is 0 Å². The lowest BCUT2D eigenvalue weighted by Gasteiger charge is -2.24. The summed E-state index contributed by atoms with van der Waals surface area (Å²) in [6.45, 7) is 3.45. The normalized spacial score (nSPS) is 37.0. The van der Waals surface area contributed by atoms with E-state index >= 15 is 0 Å². The average Bonchev–Trinajstić information content (AvgIpc) is 2.59. The minimum atomic E-state index is 0.592. The van der Waals surface area contributed by atoms with Crippen LogP contribution in [0.25, 0.3) is 0 Å². The van der Waals surface area contributed by atoms with Gasteiger partial charge in [-0.15, -0.1) is 0 Å². The molecule has 2 nitrogen and oxygen atoms in total. The third-order valence-electron chi connectivity index (χ3n) is 3.02. The van der Waals surface area contributed by atoms with Gasteiger partial charge in [-0.05, 0) is 51.1 Å². The maximum absolute atomic E-state index is 5.63. The molecule has 0 aromatic carbocycles. The molecule has 0 bridgehead atoms. The Bertz CT molecular complexity index is 126. The standard InChI is InChI=1S/C10H19NO/c1-3-9(8-11-5-1)7-10-4-2-6-12-10/h9-11H,1-8H2. The Labute approximate surface area is 74.7 Å². The van der Waals surface area contributed by atoms with E-state index < -0.39 is 0 Å². The summed E-state index contributed by atoms with van der Waals surface area (Å²) in [5, 5.41) is 3.45. The zero-order chi connectivity index (χ0) is 8.23. The fraction of sp³-hybridized carbons (Fsp3) is 1.00. The fourth-order valence-corrected chi connectivity index (χ4v) is 2.33. The highest BCUT2D eigenvalue weighted by atomic mass is 16.5. The van der Waals surface area contributed by atoms with Gasteiger partial charge in [0.15, 0.2) is 0 Å². The fourth-order valence-electron chi connectivity index (χ4n) is 2.33. The molecule has 2 aliphatic rings. The quantitative estimate of drug-likeness (QED) is 0.677. The molecule has 0 saturated carbocycles. The Balaban J connectivity index is 1.69. The lowest BCUT2D eigenvalue weighted by atomic mass is 9.93. The van der Waals surface area contributed by atoms with Crippen molar-refractivity contribution in [2.45, 2.75) is 38.2 Å². The molecule has 1 N–H and O–H groups in total. The van der Waals surface area contributed by atoms with Crippen LogP contribution in [0.5, 0.6) is 0 Å². The zero-order valence-electron chi connectivity index (χ0n) is 7.72. The molecule has 2 rings (SSSR count). The highest BCUT2D eigenvalue weighted by Gasteiger charge is 2.21. The molecule has 2 heteroatoms. The first-order valence-electron chi connectivity index (χ1n) is 5.27. The molecule has 2 saturated heterocycles. The second-order valence-corrected chi connectivity index (χ2v) is 4.08. The Kier molecular flexibility index (Phi) is 3.01. The van der Waals surface area contributed by atoms with Crippen LogP contribution in [0.15, 0.2) is 0 Å². The van der Waals surface area contributed by atoms with Gasteiger partial charge in [0.2, 0.25) is 0 Å². The molecule has 2 atom stereocenters. The Morgan fingerprint density at radius 2 is 2.25 bits per heavy atom. The van der Waals surface area contributed by atoms with Crippen molar-refractivity contribution in [3.63, 3.8) is 0 Å². The molecular formula is C10H19NO. The van der Waals surface area contributed by atoms with Gasteiger partial charge in [0.25, 0.3) is 0 Å². The molecule has 2 unspecified atom stereocenters. The topological polar surface area (TPSA) is 21.3 Å². The van der Waals surface area contributed by atoms with Gasteiger partial charge in [0.1, 0.15) is 0 Å². The van der Waals surface area contributed by atoms with Gasteiger partial charge < -0.3 is 10.1 Å². The second-order valence-electron chi connectivity index (χ2n) is 4.08. The summed E-state index contributed by atoms with van der Waals surface area (Å²) in [6.07, 6.45) is 7.24. The van der Waals surface area contributed by atoms with Gasteiger partial charge in [0.05, 0.1) is 6.10 Å². The van der Waals surface area contributed by atoms with Crippen molar-refractivity contribution in [2.75, 3.05) is 19.7 Å². The summed E-state index contributed by atoms with van der Waals surface area (Å²) in [5.74, 6) is 0.891. The molecule has 2 aliphatic heterocycles. The van der Waals surface area contributed by atoms with Gasteiger partial charge in [-0.25, -0.2) is 0 Å². The molecule has 0 spiro atoms. The predicted molar refractivity (Wildman–Crippen MR) is 49.2 cm³/mol. The van der Waals surface area contributed by atoms with Gasteiger partial charge >= 0.3 is 0 Å². The van der Waals surface area contributed by atoms with Gasteiger partial charge in [0, 0.05) is 6.61 Å². The number of nitrogens with one attached hydrogen (secondary N) is 1. The Morgan fingerprint density at radius 3 is 2.92 bits per heavy atom. The van der Waals surface area contributed by atoms with Crippen molar-refractivity contribution in [3.05, 3.63) is 0 Å². The lowest BCUT2D eigenvalue weighted by Crippen LogP contribution is -2.31. The number of piperidine rings is 1. The van der Waals surface area contributed by atoms with Crippen molar-refractivity contribution in [2.24, 2.45) is 5.92 Å². The molecule has 2 fully saturated rings. The van der Waals surface area contributed by atoms with Crippen LogP contribution in [0, 0.1) is 5.92 Å². The van der Waals surface area contributed by atoms with Crippen LogP contribution in [0.3, 0.4) is 0 Å². The molecule has 70 valence electrons. The maximum Gasteiger partial charge on any atom is 0.0579 e. The van der Waals surface area contributed by atoms with Gasteiger partial charge in [-0.2, -0.15) is 0 Å². The molecular weight excluding hydrogens is 150 g/mol. The molecule has 0 aliphatic carbocycles. The van der Waals surface area contributed by atoms with Crippen molar-refractivity contribution < 1.29 is 4.74 Å². The molecule has 0 aromatic rings. The van der Waals surface area contributed by atoms with Crippen molar-refractivity contribution in [1.82, 2.24) is 5.32 Å². The van der Waals surface area contributed by atoms with E-state index in [1.165, 1.54) is 45.2 Å². The van der Waals surface area contributed by atoms with Crippen LogP contribution < -0.4 is 5.32 Å². The van der Waals surface area contributed by atoms with Crippen LogP contribution in [0.2, 0.25) is 0 Å². The molecule has 0 aromatic heterocycles. The maximum atomic E-state index is 5.63. The monoisotopic (exact) mass is 169 g/mol. The summed E-state index contributed by atoms with van der Waals surface area (Å²) < 4.78 is 5.63. The highest BCUT2D eigenvalue weighted by Crippen LogP contribution is 2.23. The zero-order valence-corrected chi connectivity index (χ0v) is 7.72. The van der Waals surface area contributed by atoms with Crippen molar-refractivity contribution >= 4 is 0 Å². The van der Waals surface area contributed by atoms with Crippen molar-refractivity contribution in [1.29, 1.82) is 0 Å². The lowest BCUT2D eigenvalue weighted by molar-refractivity contribution is 0.0853. The van der Waals surface area contributed by atoms with E-state index in [9.17, 15) is 0 Å². The summed E-state index contributed by atoms with van der Waals surface area (Å²) >= 11 is 0. The van der Waals surface area contributed by atoms with E-state index in [2.05, 4.69) is 5.32 Å². The van der Waals surface area contributed by atoms with E-state index in [0.717, 1.165) is 12.5 Å². The predicted octanol–water partition coefficient (Wildman–Crippen LogP) is 1.56. The number of hydrogen-bond acceptors (Lipinski definition) is 2. The smallest absolute Gasteiger partial charge is 0.0579 e. The first-order valence-corrected chi connectivity index (χ1v) is 5.27. The third-order valence-corrected chi connectivity index (χ3v) is 3.02. The van der Waals surface area contributed by atoms with Crippen LogP contribution in [-0.4, -0.2) is 25.8 Å². The Morgan fingerprint density at radius 1 is 1.25 bits per heavy atom. The third kappa shape index (κ3) is 2.20. The molecule has 0 radical (unpaired) electrons. The van der Waals surface area contributed by atoms with E-state index in [4.69, 9.17) is 4.74 Å². The number of hydrogen-bond donors (Lipinski definition) is 1. The van der Waals surface area contributed by atoms with E-state index in [1.807, 2.05) is 0 Å². The average molecular weight is 169 g/mol. The van der Waals surface area contributed by atoms with Crippen molar-refractivity contribution in [3.8, 4) is 0 Å². The molecule has 0 amide bonds. The molecule has 12 heavy (non-hydrogen) atoms. The second kappa shape index (κ2) is 4.24. The number of rotatable bonds is 2. The summed E-state index contributed by atoms with van der Waals surface area (Å²) in [5.41, 5.74) is 0. The van der Waals surface area contributed by atoms with E-state index in [-0.39, 0.29) is 0 Å². The minimum Gasteiger partial charge on any atom is -0.378 e. The SMILES string of the molecule is C1CNCC(CC2CCCO2)C1. The van der Waals surface area contributed by atoms with Gasteiger partial charge in [-0.1, -0.05) is 0 Å². The van der Waals surface area contributed by atoms with Crippen LogP contribution in [-0.2, 0) is 4.74 Å². The molecule has 2 heterocycles. The summed E-state index contributed by atoms with van der Waals surface area (Å²) in [4.78, 5) is 0. The summed E-state index contributed by atoms with van der Waals surface area (Å²) in [7, 11) is 0. The van der Waals surface area contributed by atoms with E-state index in [0.29, 0.717) is 6.10 Å².